The summed E-state index contributed by atoms with van der Waals surface area (Å²) >= 11 is 0. The molecule has 3 N–H and O–H groups in total. The highest BCUT2D eigenvalue weighted by Crippen LogP contribution is 2.09. The largest absolute Gasteiger partial charge is 0.480 e. The van der Waals surface area contributed by atoms with Crippen LogP contribution in [0.25, 0.3) is 0 Å². The monoisotopic (exact) mass is 299 g/mol. The lowest BCUT2D eigenvalue weighted by atomic mass is 10.1. The Bertz CT molecular complexity index is 367. The van der Waals surface area contributed by atoms with Crippen molar-refractivity contribution in [2.75, 3.05) is 19.6 Å². The number of carbonyl (C=O) groups is 3. The molecule has 0 aromatic heterocycles. The summed E-state index contributed by atoms with van der Waals surface area (Å²) in [5.74, 6) is -1.00. The fourth-order valence-electron chi connectivity index (χ4n) is 2.34. The van der Waals surface area contributed by atoms with Crippen molar-refractivity contribution in [3.63, 3.8) is 0 Å². The average Bonchev–Trinajstić information content (AvgIpc) is 2.47. The minimum absolute atomic E-state index is 0.0401. The Labute approximate surface area is 125 Å². The number of hydrogen-bond donors (Lipinski definition) is 3. The van der Waals surface area contributed by atoms with Crippen LogP contribution in [0, 0.1) is 0 Å². The topological polar surface area (TPSA) is 98.7 Å². The van der Waals surface area contributed by atoms with E-state index in [1.165, 1.54) is 6.42 Å². The summed E-state index contributed by atoms with van der Waals surface area (Å²) < 4.78 is 0. The van der Waals surface area contributed by atoms with Crippen molar-refractivity contribution in [1.29, 1.82) is 0 Å². The minimum atomic E-state index is -1.05. The number of nitrogens with zero attached hydrogens (tertiary/aromatic N) is 1. The molecule has 0 saturated carbocycles. The van der Waals surface area contributed by atoms with Crippen LogP contribution >= 0.6 is 0 Å². The summed E-state index contributed by atoms with van der Waals surface area (Å²) in [7, 11) is 0. The van der Waals surface area contributed by atoms with Gasteiger partial charge in [-0.3, -0.25) is 4.79 Å². The molecule has 1 heterocycles. The van der Waals surface area contributed by atoms with Crippen LogP contribution in [0.2, 0.25) is 0 Å². The zero-order valence-electron chi connectivity index (χ0n) is 12.6. The number of hydrogen-bond acceptors (Lipinski definition) is 3. The molecule has 21 heavy (non-hydrogen) atoms. The van der Waals surface area contributed by atoms with Gasteiger partial charge in [-0.25, -0.2) is 9.59 Å². The van der Waals surface area contributed by atoms with Crippen molar-refractivity contribution >= 4 is 17.9 Å². The third-order valence-electron chi connectivity index (χ3n) is 3.51. The fraction of sp³-hybridized carbons (Fsp3) is 0.786. The number of carboxylic acid groups (broad SMARTS) is 1. The highest BCUT2D eigenvalue weighted by Gasteiger charge is 2.19. The van der Waals surface area contributed by atoms with Crippen molar-refractivity contribution in [2.24, 2.45) is 0 Å². The van der Waals surface area contributed by atoms with Crippen LogP contribution in [0.4, 0.5) is 4.79 Å². The first kappa shape index (κ1) is 17.3. The number of likely N-dealkylation sites (tertiary alicyclic amines) is 1. The maximum absolute atomic E-state index is 11.9. The standard InChI is InChI=1S/C14H25N3O4/c1-2-6-11(13(19)20)16-14(21)15-8-7-12(18)17-9-4-3-5-10-17/h11H,2-10H2,1H3,(H,19,20)(H2,15,16,21)/t11-/m0/s1. The number of nitrogens with one attached hydrogen (secondary N) is 2. The number of urea groups is 1. The van der Waals surface area contributed by atoms with Gasteiger partial charge >= 0.3 is 12.0 Å². The molecule has 0 aromatic carbocycles. The molecule has 0 aliphatic carbocycles. The fourth-order valence-corrected chi connectivity index (χ4v) is 2.34. The van der Waals surface area contributed by atoms with Crippen LogP contribution in [-0.2, 0) is 9.59 Å². The second kappa shape index (κ2) is 9.20. The number of carboxylic acids is 1. The Morgan fingerprint density at radius 1 is 1.19 bits per heavy atom. The highest BCUT2D eigenvalue weighted by atomic mass is 16.4. The summed E-state index contributed by atoms with van der Waals surface area (Å²) in [6, 6.07) is -1.42. The van der Waals surface area contributed by atoms with E-state index in [1.807, 2.05) is 11.8 Å². The quantitative estimate of drug-likeness (QED) is 0.651. The Morgan fingerprint density at radius 2 is 1.86 bits per heavy atom. The van der Waals surface area contributed by atoms with Gasteiger partial charge in [-0.2, -0.15) is 0 Å². The third-order valence-corrected chi connectivity index (χ3v) is 3.51. The Hall–Kier alpha value is -1.79. The highest BCUT2D eigenvalue weighted by molar-refractivity contribution is 5.83. The van der Waals surface area contributed by atoms with Crippen LogP contribution < -0.4 is 10.6 Å². The molecule has 0 unspecified atom stereocenters. The zero-order chi connectivity index (χ0) is 15.7. The first-order chi connectivity index (χ1) is 10.0. The molecule has 7 nitrogen and oxygen atoms in total. The minimum Gasteiger partial charge on any atom is -0.480 e. The van der Waals surface area contributed by atoms with Crippen LogP contribution in [0.3, 0.4) is 0 Å². The average molecular weight is 299 g/mol. The van der Waals surface area contributed by atoms with Gasteiger partial charge in [0.1, 0.15) is 6.04 Å². The maximum atomic E-state index is 11.9. The van der Waals surface area contributed by atoms with Crippen LogP contribution in [0.5, 0.6) is 0 Å². The molecule has 1 aliphatic rings. The van der Waals surface area contributed by atoms with E-state index in [1.54, 1.807) is 0 Å². The van der Waals surface area contributed by atoms with E-state index in [4.69, 9.17) is 5.11 Å². The predicted molar refractivity (Wildman–Crippen MR) is 77.9 cm³/mol. The third kappa shape index (κ3) is 6.46. The molecule has 0 aromatic rings. The van der Waals surface area contributed by atoms with Gasteiger partial charge in [-0.15, -0.1) is 0 Å². The van der Waals surface area contributed by atoms with E-state index >= 15 is 0 Å². The molecule has 1 aliphatic heterocycles. The SMILES string of the molecule is CCC[C@H](NC(=O)NCCC(=O)N1CCCCC1)C(=O)O. The van der Waals surface area contributed by atoms with Gasteiger partial charge in [-0.05, 0) is 25.7 Å². The zero-order valence-corrected chi connectivity index (χ0v) is 12.6. The van der Waals surface area contributed by atoms with E-state index < -0.39 is 18.0 Å². The van der Waals surface area contributed by atoms with E-state index in [-0.39, 0.29) is 18.9 Å². The van der Waals surface area contributed by atoms with Crippen molar-refractivity contribution in [1.82, 2.24) is 15.5 Å². The Kier molecular flexibility index (Phi) is 7.56. The van der Waals surface area contributed by atoms with Gasteiger partial charge in [-0.1, -0.05) is 13.3 Å². The number of rotatable bonds is 7. The Morgan fingerprint density at radius 3 is 2.43 bits per heavy atom. The Balaban J connectivity index is 2.22. The number of amides is 3. The molecular weight excluding hydrogens is 274 g/mol. The first-order valence-electron chi connectivity index (χ1n) is 7.59. The molecule has 1 fully saturated rings. The molecule has 0 radical (unpaired) electrons. The van der Waals surface area contributed by atoms with Gasteiger partial charge in [0.2, 0.25) is 5.91 Å². The first-order valence-corrected chi connectivity index (χ1v) is 7.59. The molecule has 7 heteroatoms. The molecular formula is C14H25N3O4. The van der Waals surface area contributed by atoms with Crippen molar-refractivity contribution in [3.8, 4) is 0 Å². The number of aliphatic carboxylic acids is 1. The summed E-state index contributed by atoms with van der Waals surface area (Å²) in [5.41, 5.74) is 0. The maximum Gasteiger partial charge on any atom is 0.326 e. The van der Waals surface area contributed by atoms with Gasteiger partial charge in [0.25, 0.3) is 0 Å². The van der Waals surface area contributed by atoms with Crippen molar-refractivity contribution in [3.05, 3.63) is 0 Å². The summed E-state index contributed by atoms with van der Waals surface area (Å²) in [5, 5.41) is 13.9. The number of carbonyl (C=O) groups excluding carboxylic acids is 2. The molecule has 0 spiro atoms. The van der Waals surface area contributed by atoms with Gasteiger partial charge in [0, 0.05) is 26.1 Å². The van der Waals surface area contributed by atoms with E-state index in [9.17, 15) is 14.4 Å². The molecule has 1 atom stereocenters. The van der Waals surface area contributed by atoms with Crippen LogP contribution in [-0.4, -0.2) is 53.6 Å². The summed E-state index contributed by atoms with van der Waals surface area (Å²) in [6.45, 7) is 3.66. The van der Waals surface area contributed by atoms with Gasteiger partial charge < -0.3 is 20.6 Å². The second-order valence-corrected chi connectivity index (χ2v) is 5.27. The molecule has 0 bridgehead atoms. The lowest BCUT2D eigenvalue weighted by Crippen LogP contribution is -2.46. The summed E-state index contributed by atoms with van der Waals surface area (Å²) in [4.78, 5) is 36.2. The number of piperidine rings is 1. The van der Waals surface area contributed by atoms with Crippen LogP contribution in [0.15, 0.2) is 0 Å². The molecule has 120 valence electrons. The smallest absolute Gasteiger partial charge is 0.326 e. The molecule has 1 rings (SSSR count). The van der Waals surface area contributed by atoms with E-state index in [0.717, 1.165) is 25.9 Å². The van der Waals surface area contributed by atoms with Gasteiger partial charge in [0.05, 0.1) is 0 Å². The van der Waals surface area contributed by atoms with Crippen molar-refractivity contribution in [2.45, 2.75) is 51.5 Å². The van der Waals surface area contributed by atoms with Crippen molar-refractivity contribution < 1.29 is 19.5 Å². The molecule has 1 saturated heterocycles. The lowest BCUT2D eigenvalue weighted by Gasteiger charge is -2.26. The van der Waals surface area contributed by atoms with Gasteiger partial charge in [0.15, 0.2) is 0 Å². The molecule has 3 amide bonds. The van der Waals surface area contributed by atoms with E-state index in [0.29, 0.717) is 12.8 Å². The normalized spacial score (nSPS) is 16.1. The van der Waals surface area contributed by atoms with Crippen LogP contribution in [0.1, 0.15) is 45.4 Å². The van der Waals surface area contributed by atoms with E-state index in [2.05, 4.69) is 10.6 Å². The lowest BCUT2D eigenvalue weighted by molar-refractivity contribution is -0.139. The predicted octanol–water partition coefficient (Wildman–Crippen LogP) is 0.941. The summed E-state index contributed by atoms with van der Waals surface area (Å²) in [6.07, 6.45) is 4.55. The second-order valence-electron chi connectivity index (χ2n) is 5.27.